The molecule has 1 fully saturated rings. The van der Waals surface area contributed by atoms with Gasteiger partial charge in [-0.05, 0) is 48.4 Å². The number of amidine groups is 1. The van der Waals surface area contributed by atoms with Crippen LogP contribution in [0.25, 0.3) is 11.2 Å². The predicted molar refractivity (Wildman–Crippen MR) is 132 cm³/mol. The van der Waals surface area contributed by atoms with Gasteiger partial charge in [-0.3, -0.25) is 9.81 Å². The van der Waals surface area contributed by atoms with E-state index in [-0.39, 0.29) is 18.4 Å². The molecule has 1 aliphatic carbocycles. The Labute approximate surface area is 202 Å². The number of nitrogens with one attached hydrogen (secondary N) is 1. The minimum Gasteiger partial charge on any atom is -0.491 e. The molecule has 0 amide bonds. The lowest BCUT2D eigenvalue weighted by molar-refractivity contribution is 0.145. The predicted octanol–water partition coefficient (Wildman–Crippen LogP) is 3.28. The lowest BCUT2D eigenvalue weighted by Gasteiger charge is -2.20. The van der Waals surface area contributed by atoms with Crippen LogP contribution < -0.4 is 16.2 Å². The molecule has 1 atom stereocenters. The lowest BCUT2D eigenvalue weighted by Crippen LogP contribution is -2.17. The first-order valence-electron chi connectivity index (χ1n) is 11.2. The van der Waals surface area contributed by atoms with Crippen LogP contribution in [0.4, 0.5) is 4.39 Å². The van der Waals surface area contributed by atoms with Gasteiger partial charge in [0.05, 0.1) is 26.0 Å². The average Bonchev–Trinajstić information content (AvgIpc) is 3.61. The first kappa shape index (κ1) is 24.4. The summed E-state index contributed by atoms with van der Waals surface area (Å²) in [6, 6.07) is 7.16. The Morgan fingerprint density at radius 2 is 2.09 bits per heavy atom. The molecule has 2 heterocycles. The fourth-order valence-electron chi connectivity index (χ4n) is 3.80. The molecule has 9 nitrogen and oxygen atoms in total. The van der Waals surface area contributed by atoms with Crippen LogP contribution in [0, 0.1) is 17.1 Å². The molecule has 35 heavy (non-hydrogen) atoms. The molecule has 0 saturated heterocycles. The number of halogens is 1. The van der Waals surface area contributed by atoms with Crippen molar-refractivity contribution in [2.75, 3.05) is 27.4 Å². The van der Waals surface area contributed by atoms with Crippen LogP contribution in [0.2, 0.25) is 0 Å². The summed E-state index contributed by atoms with van der Waals surface area (Å²) in [5.74, 6) is 0.769. The normalized spacial score (nSPS) is 15.3. The third kappa shape index (κ3) is 5.33. The number of hydrogen-bond acceptors (Lipinski definition) is 7. The molecule has 10 heteroatoms. The van der Waals surface area contributed by atoms with Crippen molar-refractivity contribution in [1.82, 2.24) is 9.38 Å². The highest BCUT2D eigenvalue weighted by molar-refractivity contribution is 6.03. The quantitative estimate of drug-likeness (QED) is 0.245. The van der Waals surface area contributed by atoms with Gasteiger partial charge in [0.25, 0.3) is 0 Å². The minimum absolute atomic E-state index is 0.0494. The monoisotopic (exact) mass is 480 g/mol. The molecule has 0 radical (unpaired) electrons. The van der Waals surface area contributed by atoms with Crippen molar-refractivity contribution >= 4 is 23.0 Å². The molecule has 0 bridgehead atoms. The van der Waals surface area contributed by atoms with Crippen LogP contribution in [0.1, 0.15) is 35.7 Å². The third-order valence-corrected chi connectivity index (χ3v) is 5.81. The van der Waals surface area contributed by atoms with E-state index in [9.17, 15) is 4.39 Å². The molecule has 0 spiro atoms. The Hall–Kier alpha value is -3.76. The number of nitrogens with zero attached hydrogens (tertiary/aromatic N) is 3. The van der Waals surface area contributed by atoms with E-state index in [2.05, 4.69) is 9.98 Å². The van der Waals surface area contributed by atoms with E-state index in [4.69, 9.17) is 31.1 Å². The largest absolute Gasteiger partial charge is 0.491 e. The number of ether oxygens (including phenoxy) is 3. The number of hydrogen-bond donors (Lipinski definition) is 3. The van der Waals surface area contributed by atoms with Crippen molar-refractivity contribution in [2.24, 2.45) is 22.4 Å². The van der Waals surface area contributed by atoms with Crippen molar-refractivity contribution < 1.29 is 18.6 Å². The molecule has 1 aromatic carbocycles. The summed E-state index contributed by atoms with van der Waals surface area (Å²) in [6.45, 7) is 0.601. The van der Waals surface area contributed by atoms with Gasteiger partial charge in [-0.15, -0.1) is 0 Å². The Kier molecular flexibility index (Phi) is 7.42. The van der Waals surface area contributed by atoms with Crippen LogP contribution >= 0.6 is 0 Å². The first-order valence-corrected chi connectivity index (χ1v) is 11.2. The average molecular weight is 481 g/mol. The number of aromatic nitrogens is 2. The Morgan fingerprint density at radius 1 is 1.29 bits per heavy atom. The highest BCUT2D eigenvalue weighted by Gasteiger charge is 2.29. The molecule has 5 N–H and O–H groups in total. The van der Waals surface area contributed by atoms with Crippen molar-refractivity contribution in [3.63, 3.8) is 0 Å². The number of pyridine rings is 1. The lowest BCUT2D eigenvalue weighted by atomic mass is 9.94. The van der Waals surface area contributed by atoms with Crippen LogP contribution in [-0.4, -0.2) is 48.6 Å². The Morgan fingerprint density at radius 3 is 2.77 bits per heavy atom. The molecular formula is C25H29FN6O3. The van der Waals surface area contributed by atoms with Gasteiger partial charge >= 0.3 is 0 Å². The standard InChI is InChI=1S/C25H29FN6O3/c1-33-9-10-35-21-11-17(26)6-7-18(21)23(28)19(12-27)16-5-8-22-30-13-20(32(22)14-16)24(29)31-25(34-2)15-3-4-15/h5-8,11-15,23,29H,3-4,9-10,27-28H2,1-2H3/b19-12-,29-24?,31-25?. The second-order valence-corrected chi connectivity index (χ2v) is 8.19. The zero-order valence-electron chi connectivity index (χ0n) is 19.7. The van der Waals surface area contributed by atoms with Gasteiger partial charge in [0, 0.05) is 30.9 Å². The number of fused-ring (bicyclic) bond motifs is 1. The summed E-state index contributed by atoms with van der Waals surface area (Å²) in [6.07, 6.45) is 6.85. The van der Waals surface area contributed by atoms with Gasteiger partial charge < -0.3 is 25.7 Å². The maximum Gasteiger partial charge on any atom is 0.192 e. The van der Waals surface area contributed by atoms with Crippen molar-refractivity contribution in [2.45, 2.75) is 18.9 Å². The molecule has 1 saturated carbocycles. The number of imidazole rings is 1. The van der Waals surface area contributed by atoms with Gasteiger partial charge in [-0.25, -0.2) is 9.37 Å². The summed E-state index contributed by atoms with van der Waals surface area (Å²) >= 11 is 0. The number of methoxy groups -OCH3 is 2. The second kappa shape index (κ2) is 10.7. The van der Waals surface area contributed by atoms with Gasteiger partial charge in [-0.2, -0.15) is 4.99 Å². The molecule has 184 valence electrons. The smallest absolute Gasteiger partial charge is 0.192 e. The van der Waals surface area contributed by atoms with E-state index >= 15 is 0 Å². The fourth-order valence-corrected chi connectivity index (χ4v) is 3.80. The maximum atomic E-state index is 13.9. The zero-order chi connectivity index (χ0) is 24.9. The number of benzene rings is 1. The van der Waals surface area contributed by atoms with Crippen LogP contribution in [0.15, 0.2) is 53.9 Å². The van der Waals surface area contributed by atoms with Crippen LogP contribution in [0.5, 0.6) is 5.75 Å². The third-order valence-electron chi connectivity index (χ3n) is 5.81. The van der Waals surface area contributed by atoms with Gasteiger partial charge in [0.1, 0.15) is 29.5 Å². The SMILES string of the molecule is COCCOc1cc(F)ccc1C(N)/C(=C\N)c1ccc2ncc(C(=N)N=C(OC)C3CC3)n2c1. The van der Waals surface area contributed by atoms with Crippen LogP contribution in [-0.2, 0) is 9.47 Å². The highest BCUT2D eigenvalue weighted by atomic mass is 19.1. The van der Waals surface area contributed by atoms with Crippen LogP contribution in [0.3, 0.4) is 0 Å². The summed E-state index contributed by atoms with van der Waals surface area (Å²) in [4.78, 5) is 8.76. The molecule has 1 aliphatic rings. The van der Waals surface area contributed by atoms with E-state index in [0.717, 1.165) is 12.8 Å². The van der Waals surface area contributed by atoms with E-state index in [1.165, 1.54) is 18.3 Å². The number of rotatable bonds is 9. The molecule has 0 aliphatic heterocycles. The summed E-state index contributed by atoms with van der Waals surface area (Å²) in [5, 5.41) is 8.50. The van der Waals surface area contributed by atoms with Gasteiger partial charge in [0.15, 0.2) is 11.7 Å². The topological polar surface area (TPSA) is 133 Å². The van der Waals surface area contributed by atoms with E-state index in [1.54, 1.807) is 37.1 Å². The molecule has 4 rings (SSSR count). The minimum atomic E-state index is -0.699. The van der Waals surface area contributed by atoms with Crippen molar-refractivity contribution in [1.29, 1.82) is 5.41 Å². The number of nitrogens with two attached hydrogens (primary N) is 2. The van der Waals surface area contributed by atoms with E-state index < -0.39 is 11.9 Å². The van der Waals surface area contributed by atoms with Crippen molar-refractivity contribution in [3.05, 3.63) is 71.6 Å². The Balaban J connectivity index is 1.67. The number of aliphatic imine (C=N–C) groups is 1. The van der Waals surface area contributed by atoms with E-state index in [0.29, 0.717) is 46.3 Å². The van der Waals surface area contributed by atoms with Crippen molar-refractivity contribution in [3.8, 4) is 5.75 Å². The van der Waals surface area contributed by atoms with Gasteiger partial charge in [-0.1, -0.05) is 6.07 Å². The molecule has 3 aromatic rings. The summed E-state index contributed by atoms with van der Waals surface area (Å²) < 4.78 is 31.8. The summed E-state index contributed by atoms with van der Waals surface area (Å²) in [7, 11) is 3.13. The maximum absolute atomic E-state index is 13.9. The molecular weight excluding hydrogens is 451 g/mol. The van der Waals surface area contributed by atoms with Gasteiger partial charge in [0.2, 0.25) is 0 Å². The zero-order valence-corrected chi connectivity index (χ0v) is 19.7. The molecule has 1 unspecified atom stereocenters. The summed E-state index contributed by atoms with van der Waals surface area (Å²) in [5.41, 5.74) is 15.6. The molecule has 2 aromatic heterocycles. The first-order chi connectivity index (χ1) is 17.0. The Bertz CT molecular complexity index is 1280. The fraction of sp³-hybridized carbons (Fsp3) is 0.320. The highest BCUT2D eigenvalue weighted by Crippen LogP contribution is 2.34. The second-order valence-electron chi connectivity index (χ2n) is 8.19. The van der Waals surface area contributed by atoms with E-state index in [1.807, 2.05) is 12.1 Å².